The topological polar surface area (TPSA) is 66.5 Å². The summed E-state index contributed by atoms with van der Waals surface area (Å²) in [6.07, 6.45) is 0. The summed E-state index contributed by atoms with van der Waals surface area (Å²) in [7, 11) is -3.59. The molecule has 3 rings (SSSR count). The van der Waals surface area contributed by atoms with Crippen LogP contribution >= 0.6 is 11.3 Å². The van der Waals surface area contributed by atoms with Crippen LogP contribution in [0.1, 0.15) is 30.2 Å². The van der Waals surface area contributed by atoms with Gasteiger partial charge in [0.1, 0.15) is 0 Å². The average molecular weight is 350 g/mol. The van der Waals surface area contributed by atoms with Crippen LogP contribution in [0.25, 0.3) is 0 Å². The minimum Gasteiger partial charge on any atom is -0.325 e. The van der Waals surface area contributed by atoms with Crippen molar-refractivity contribution in [3.8, 4) is 0 Å². The van der Waals surface area contributed by atoms with Crippen LogP contribution in [0.5, 0.6) is 0 Å². The van der Waals surface area contributed by atoms with E-state index in [0.717, 1.165) is 10.4 Å². The summed E-state index contributed by atoms with van der Waals surface area (Å²) in [5.74, 6) is -0.423. The molecule has 2 aromatic rings. The van der Waals surface area contributed by atoms with Gasteiger partial charge in [0.05, 0.1) is 10.8 Å². The fourth-order valence-corrected chi connectivity index (χ4v) is 4.91. The monoisotopic (exact) mass is 350 g/mol. The zero-order chi connectivity index (χ0) is 16.6. The van der Waals surface area contributed by atoms with E-state index in [9.17, 15) is 13.2 Å². The van der Waals surface area contributed by atoms with Crippen LogP contribution in [-0.2, 0) is 21.4 Å². The Kier molecular flexibility index (Phi) is 4.27. The van der Waals surface area contributed by atoms with E-state index < -0.39 is 10.0 Å². The van der Waals surface area contributed by atoms with E-state index in [1.807, 2.05) is 24.4 Å². The molecule has 1 atom stereocenters. The number of amides is 1. The van der Waals surface area contributed by atoms with Gasteiger partial charge in [0.2, 0.25) is 15.9 Å². The Morgan fingerprint density at radius 2 is 2.09 bits per heavy atom. The number of hydrogen-bond donors (Lipinski definition) is 1. The summed E-state index contributed by atoms with van der Waals surface area (Å²) >= 11 is 1.54. The molecule has 7 heteroatoms. The summed E-state index contributed by atoms with van der Waals surface area (Å²) in [6, 6.07) is 8.68. The van der Waals surface area contributed by atoms with Gasteiger partial charge in [0.15, 0.2) is 0 Å². The first-order chi connectivity index (χ1) is 10.9. The van der Waals surface area contributed by atoms with Crippen LogP contribution in [0, 0.1) is 0 Å². The molecule has 0 spiro atoms. The molecule has 1 aliphatic heterocycles. The van der Waals surface area contributed by atoms with Crippen molar-refractivity contribution in [1.29, 1.82) is 0 Å². The smallest absolute Gasteiger partial charge is 0.243 e. The molecule has 1 aromatic carbocycles. The number of sulfonamides is 1. The quantitative estimate of drug-likeness (QED) is 0.901. The molecule has 0 saturated heterocycles. The maximum atomic E-state index is 12.9. The molecule has 0 bridgehead atoms. The number of fused-ring (bicyclic) bond motifs is 1. The number of carbonyl (C=O) groups excluding carboxylic acids is 1. The molecule has 0 saturated carbocycles. The largest absolute Gasteiger partial charge is 0.325 e. The third-order valence-corrected chi connectivity index (χ3v) is 6.82. The van der Waals surface area contributed by atoms with Crippen molar-refractivity contribution in [1.82, 2.24) is 4.31 Å². The lowest BCUT2D eigenvalue weighted by molar-refractivity contribution is -0.116. The predicted octanol–water partition coefficient (Wildman–Crippen LogP) is 3.01. The van der Waals surface area contributed by atoms with Gasteiger partial charge in [-0.3, -0.25) is 4.79 Å². The Balaban J connectivity index is 1.94. The van der Waals surface area contributed by atoms with Gasteiger partial charge in [-0.2, -0.15) is 4.31 Å². The fraction of sp³-hybridized carbons (Fsp3) is 0.312. The Morgan fingerprint density at radius 3 is 2.74 bits per heavy atom. The summed E-state index contributed by atoms with van der Waals surface area (Å²) in [5.41, 5.74) is 1.44. The van der Waals surface area contributed by atoms with Gasteiger partial charge in [-0.25, -0.2) is 8.42 Å². The van der Waals surface area contributed by atoms with E-state index in [0.29, 0.717) is 18.8 Å². The van der Waals surface area contributed by atoms with Gasteiger partial charge in [-0.15, -0.1) is 11.3 Å². The molecule has 0 fully saturated rings. The normalized spacial score (nSPS) is 17.3. The number of hydrogen-bond acceptors (Lipinski definition) is 4. The van der Waals surface area contributed by atoms with Gasteiger partial charge >= 0.3 is 0 Å². The number of anilines is 1. The third kappa shape index (κ3) is 2.91. The lowest BCUT2D eigenvalue weighted by Crippen LogP contribution is -2.30. The first-order valence-corrected chi connectivity index (χ1v) is 9.72. The number of carbonyl (C=O) groups is 1. The molecule has 0 radical (unpaired) electrons. The first-order valence-electron chi connectivity index (χ1n) is 7.41. The summed E-state index contributed by atoms with van der Waals surface area (Å²) in [5, 5.41) is 4.69. The maximum absolute atomic E-state index is 12.9. The van der Waals surface area contributed by atoms with Crippen molar-refractivity contribution in [3.63, 3.8) is 0 Å². The molecular weight excluding hydrogens is 332 g/mol. The zero-order valence-electron chi connectivity index (χ0n) is 12.9. The van der Waals surface area contributed by atoms with E-state index in [1.165, 1.54) is 15.6 Å². The second-order valence-corrected chi connectivity index (χ2v) is 8.44. The number of thiophene rings is 1. The van der Waals surface area contributed by atoms with Crippen molar-refractivity contribution in [2.24, 2.45) is 0 Å². The lowest BCUT2D eigenvalue weighted by atomic mass is 10.0. The molecule has 2 heterocycles. The molecule has 0 aliphatic carbocycles. The summed E-state index contributed by atoms with van der Waals surface area (Å²) < 4.78 is 27.3. The van der Waals surface area contributed by atoms with Crippen LogP contribution < -0.4 is 5.32 Å². The Bertz CT molecular complexity index is 829. The van der Waals surface area contributed by atoms with Crippen molar-refractivity contribution in [2.45, 2.75) is 31.2 Å². The predicted molar refractivity (Wildman–Crippen MR) is 91.1 cm³/mol. The second kappa shape index (κ2) is 6.07. The Morgan fingerprint density at radius 1 is 1.30 bits per heavy atom. The number of rotatable bonds is 5. The van der Waals surface area contributed by atoms with Crippen LogP contribution in [-0.4, -0.2) is 25.2 Å². The first kappa shape index (κ1) is 16.2. The standard InChI is InChI=1S/C16H18N2O3S2/c1-3-18(10-12-5-4-8-22-12)23(20,21)13-6-7-15-14(9-13)11(2)16(19)17-15/h4-9,11H,3,10H2,1-2H3,(H,17,19)/t11-/m0/s1. The van der Waals surface area contributed by atoms with E-state index in [1.54, 1.807) is 25.1 Å². The van der Waals surface area contributed by atoms with Gasteiger partial charge in [-0.1, -0.05) is 13.0 Å². The van der Waals surface area contributed by atoms with Gasteiger partial charge in [0.25, 0.3) is 0 Å². The highest BCUT2D eigenvalue weighted by atomic mass is 32.2. The zero-order valence-corrected chi connectivity index (χ0v) is 14.6. The molecule has 1 N–H and O–H groups in total. The second-order valence-electron chi connectivity index (χ2n) is 5.47. The van der Waals surface area contributed by atoms with Crippen LogP contribution in [0.2, 0.25) is 0 Å². The molecule has 5 nitrogen and oxygen atoms in total. The van der Waals surface area contributed by atoms with Crippen LogP contribution in [0.3, 0.4) is 0 Å². The highest BCUT2D eigenvalue weighted by Crippen LogP contribution is 2.34. The van der Waals surface area contributed by atoms with Crippen molar-refractivity contribution in [3.05, 3.63) is 46.2 Å². The van der Waals surface area contributed by atoms with Crippen LogP contribution in [0.4, 0.5) is 5.69 Å². The van der Waals surface area contributed by atoms with E-state index in [2.05, 4.69) is 5.32 Å². The van der Waals surface area contributed by atoms with Gasteiger partial charge < -0.3 is 5.32 Å². The Labute approximate surface area is 140 Å². The minimum atomic E-state index is -3.59. The van der Waals surface area contributed by atoms with Crippen LogP contribution in [0.15, 0.2) is 40.6 Å². The SMILES string of the molecule is CCN(Cc1cccs1)S(=O)(=O)c1ccc2c(c1)[C@H](C)C(=O)N2. The van der Waals surface area contributed by atoms with Gasteiger partial charge in [-0.05, 0) is 42.1 Å². The van der Waals surface area contributed by atoms with E-state index >= 15 is 0 Å². The van der Waals surface area contributed by atoms with Crippen molar-refractivity contribution < 1.29 is 13.2 Å². The number of nitrogens with zero attached hydrogens (tertiary/aromatic N) is 1. The molecule has 23 heavy (non-hydrogen) atoms. The number of nitrogens with one attached hydrogen (secondary N) is 1. The molecule has 1 aliphatic rings. The van der Waals surface area contributed by atoms with Crippen molar-refractivity contribution >= 4 is 33.0 Å². The molecule has 1 amide bonds. The lowest BCUT2D eigenvalue weighted by Gasteiger charge is -2.20. The maximum Gasteiger partial charge on any atom is 0.243 e. The average Bonchev–Trinajstić information content (AvgIpc) is 3.13. The molecule has 0 unspecified atom stereocenters. The third-order valence-electron chi connectivity index (χ3n) is 4.04. The summed E-state index contributed by atoms with van der Waals surface area (Å²) in [6.45, 7) is 4.36. The minimum absolute atomic E-state index is 0.0968. The Hall–Kier alpha value is -1.70. The highest BCUT2D eigenvalue weighted by Gasteiger charge is 2.30. The van der Waals surface area contributed by atoms with Crippen molar-refractivity contribution in [2.75, 3.05) is 11.9 Å². The van der Waals surface area contributed by atoms with Gasteiger partial charge in [0, 0.05) is 23.7 Å². The molecule has 122 valence electrons. The summed E-state index contributed by atoms with van der Waals surface area (Å²) in [4.78, 5) is 13.0. The van der Waals surface area contributed by atoms with E-state index in [-0.39, 0.29) is 16.7 Å². The fourth-order valence-electron chi connectivity index (χ4n) is 2.65. The number of benzene rings is 1. The highest BCUT2D eigenvalue weighted by molar-refractivity contribution is 7.89. The molecule has 1 aromatic heterocycles. The van der Waals surface area contributed by atoms with E-state index in [4.69, 9.17) is 0 Å². The molecular formula is C16H18N2O3S2.